The first-order valence-electron chi connectivity index (χ1n) is 12.2. The van der Waals surface area contributed by atoms with Gasteiger partial charge < -0.3 is 0 Å². The predicted molar refractivity (Wildman–Crippen MR) is 152 cm³/mol. The van der Waals surface area contributed by atoms with Crippen molar-refractivity contribution in [2.45, 2.75) is 6.92 Å². The molecule has 0 atom stereocenters. The molecular formula is C35H24. The quantitative estimate of drug-likeness (QED) is 0.233. The van der Waals surface area contributed by atoms with Crippen LogP contribution in [0.15, 0.2) is 127 Å². The third-order valence-corrected chi connectivity index (χ3v) is 7.40. The lowest BCUT2D eigenvalue weighted by molar-refractivity contribution is 1.53. The maximum absolute atomic E-state index is 2.29. The highest BCUT2D eigenvalue weighted by molar-refractivity contribution is 6.25. The number of hydrogen-bond donors (Lipinski definition) is 0. The molecule has 0 radical (unpaired) electrons. The smallest absolute Gasteiger partial charge is 0.00201 e. The second-order valence-electron chi connectivity index (χ2n) is 9.34. The van der Waals surface area contributed by atoms with Crippen molar-refractivity contribution in [2.24, 2.45) is 0 Å². The summed E-state index contributed by atoms with van der Waals surface area (Å²) >= 11 is 0. The zero-order chi connectivity index (χ0) is 23.4. The van der Waals surface area contributed by atoms with Gasteiger partial charge in [0.05, 0.1) is 0 Å². The van der Waals surface area contributed by atoms with Crippen LogP contribution in [0.1, 0.15) is 5.56 Å². The highest BCUT2D eigenvalue weighted by atomic mass is 14.2. The Balaban J connectivity index is 1.70. The van der Waals surface area contributed by atoms with Gasteiger partial charge in [-0.05, 0) is 77.8 Å². The van der Waals surface area contributed by atoms with Crippen molar-refractivity contribution in [1.82, 2.24) is 0 Å². The van der Waals surface area contributed by atoms with E-state index in [1.807, 2.05) is 0 Å². The van der Waals surface area contributed by atoms with Crippen LogP contribution in [-0.2, 0) is 0 Å². The molecular weight excluding hydrogens is 420 g/mol. The average molecular weight is 445 g/mol. The highest BCUT2D eigenvalue weighted by Gasteiger charge is 2.18. The molecule has 0 spiro atoms. The summed E-state index contributed by atoms with van der Waals surface area (Å²) in [5.41, 5.74) is 6.52. The maximum Gasteiger partial charge on any atom is -0.00201 e. The molecule has 0 heterocycles. The summed E-state index contributed by atoms with van der Waals surface area (Å²) < 4.78 is 0. The minimum atomic E-state index is 1.27. The van der Waals surface area contributed by atoms with Crippen LogP contribution >= 0.6 is 0 Å². The second-order valence-corrected chi connectivity index (χ2v) is 9.34. The molecule has 0 saturated carbocycles. The van der Waals surface area contributed by atoms with Gasteiger partial charge in [0.1, 0.15) is 0 Å². The van der Waals surface area contributed by atoms with Gasteiger partial charge in [-0.2, -0.15) is 0 Å². The van der Waals surface area contributed by atoms with E-state index in [9.17, 15) is 0 Å². The van der Waals surface area contributed by atoms with Crippen LogP contribution in [0.25, 0.3) is 65.3 Å². The summed E-state index contributed by atoms with van der Waals surface area (Å²) in [6, 6.07) is 46.6. The van der Waals surface area contributed by atoms with Crippen LogP contribution in [0.2, 0.25) is 0 Å². The lowest BCUT2D eigenvalue weighted by Crippen LogP contribution is -1.92. The van der Waals surface area contributed by atoms with E-state index in [4.69, 9.17) is 0 Å². The summed E-state index contributed by atoms with van der Waals surface area (Å²) in [7, 11) is 0. The molecule has 0 saturated heterocycles. The Hall–Kier alpha value is -4.42. The summed E-state index contributed by atoms with van der Waals surface area (Å²) in [5.74, 6) is 0. The SMILES string of the molecule is Cc1cccc2c(-c3c4ccccc4c(-c4cccc5ccccc45)c4ccccc34)cccc12. The van der Waals surface area contributed by atoms with Gasteiger partial charge in [-0.3, -0.25) is 0 Å². The van der Waals surface area contributed by atoms with E-state index in [1.54, 1.807) is 0 Å². The van der Waals surface area contributed by atoms with Crippen molar-refractivity contribution in [1.29, 1.82) is 0 Å². The maximum atomic E-state index is 2.29. The van der Waals surface area contributed by atoms with Crippen LogP contribution in [-0.4, -0.2) is 0 Å². The Labute approximate surface area is 205 Å². The number of benzene rings is 7. The molecule has 7 aromatic rings. The van der Waals surface area contributed by atoms with E-state index in [1.165, 1.54) is 70.9 Å². The van der Waals surface area contributed by atoms with Gasteiger partial charge in [0.2, 0.25) is 0 Å². The van der Waals surface area contributed by atoms with Crippen LogP contribution in [0.5, 0.6) is 0 Å². The van der Waals surface area contributed by atoms with Crippen molar-refractivity contribution >= 4 is 43.1 Å². The molecule has 0 aliphatic rings. The fraction of sp³-hybridized carbons (Fsp3) is 0.0286. The van der Waals surface area contributed by atoms with E-state index in [0.717, 1.165) is 0 Å². The Morgan fingerprint density at radius 3 is 1.34 bits per heavy atom. The van der Waals surface area contributed by atoms with Crippen molar-refractivity contribution < 1.29 is 0 Å². The highest BCUT2D eigenvalue weighted by Crippen LogP contribution is 2.46. The van der Waals surface area contributed by atoms with Crippen LogP contribution in [0, 0.1) is 6.92 Å². The predicted octanol–water partition coefficient (Wildman–Crippen LogP) is 9.94. The molecule has 0 aliphatic carbocycles. The van der Waals surface area contributed by atoms with Crippen molar-refractivity contribution in [3.63, 3.8) is 0 Å². The lowest BCUT2D eigenvalue weighted by Gasteiger charge is -2.20. The zero-order valence-corrected chi connectivity index (χ0v) is 19.6. The number of rotatable bonds is 2. The molecule has 0 heteroatoms. The van der Waals surface area contributed by atoms with E-state index in [-0.39, 0.29) is 0 Å². The summed E-state index contributed by atoms with van der Waals surface area (Å²) in [4.78, 5) is 0. The Morgan fingerprint density at radius 1 is 0.314 bits per heavy atom. The third-order valence-electron chi connectivity index (χ3n) is 7.40. The van der Waals surface area contributed by atoms with Gasteiger partial charge in [-0.25, -0.2) is 0 Å². The molecule has 0 aromatic heterocycles. The molecule has 0 unspecified atom stereocenters. The summed E-state index contributed by atoms with van der Waals surface area (Å²) in [6.07, 6.45) is 0. The summed E-state index contributed by atoms with van der Waals surface area (Å²) in [5, 5.41) is 10.4. The molecule has 7 rings (SSSR count). The van der Waals surface area contributed by atoms with Gasteiger partial charge in [0.25, 0.3) is 0 Å². The number of aryl methyl sites for hydroxylation is 1. The average Bonchev–Trinajstić information content (AvgIpc) is 2.92. The Kier molecular flexibility index (Phi) is 4.47. The lowest BCUT2D eigenvalue weighted by atomic mass is 9.83. The van der Waals surface area contributed by atoms with Gasteiger partial charge >= 0.3 is 0 Å². The molecule has 0 fully saturated rings. The zero-order valence-electron chi connectivity index (χ0n) is 19.6. The van der Waals surface area contributed by atoms with Crippen LogP contribution in [0.4, 0.5) is 0 Å². The normalized spacial score (nSPS) is 11.6. The Morgan fingerprint density at radius 2 is 0.714 bits per heavy atom. The third kappa shape index (κ3) is 3.00. The van der Waals surface area contributed by atoms with Gasteiger partial charge in [-0.1, -0.05) is 127 Å². The fourth-order valence-electron chi connectivity index (χ4n) is 5.84. The molecule has 164 valence electrons. The van der Waals surface area contributed by atoms with Gasteiger partial charge in [-0.15, -0.1) is 0 Å². The first-order chi connectivity index (χ1) is 17.3. The molecule has 0 N–H and O–H groups in total. The fourth-order valence-corrected chi connectivity index (χ4v) is 5.84. The first kappa shape index (κ1) is 20.0. The molecule has 0 bridgehead atoms. The van der Waals surface area contributed by atoms with Crippen LogP contribution < -0.4 is 0 Å². The van der Waals surface area contributed by atoms with E-state index in [0.29, 0.717) is 0 Å². The topological polar surface area (TPSA) is 0 Å². The van der Waals surface area contributed by atoms with Crippen molar-refractivity contribution in [3.8, 4) is 22.3 Å². The van der Waals surface area contributed by atoms with Crippen molar-refractivity contribution in [2.75, 3.05) is 0 Å². The minimum Gasteiger partial charge on any atom is -0.0616 e. The number of hydrogen-bond acceptors (Lipinski definition) is 0. The molecule has 35 heavy (non-hydrogen) atoms. The van der Waals surface area contributed by atoms with E-state index in [2.05, 4.69) is 134 Å². The van der Waals surface area contributed by atoms with Crippen molar-refractivity contribution in [3.05, 3.63) is 133 Å². The number of fused-ring (bicyclic) bond motifs is 4. The Bertz CT molecular complexity index is 1840. The minimum absolute atomic E-state index is 1.27. The van der Waals surface area contributed by atoms with Crippen LogP contribution in [0.3, 0.4) is 0 Å². The molecule has 0 nitrogen and oxygen atoms in total. The summed E-state index contributed by atoms with van der Waals surface area (Å²) in [6.45, 7) is 2.20. The largest absolute Gasteiger partial charge is 0.0616 e. The van der Waals surface area contributed by atoms with E-state index < -0.39 is 0 Å². The first-order valence-corrected chi connectivity index (χ1v) is 12.2. The van der Waals surface area contributed by atoms with E-state index >= 15 is 0 Å². The van der Waals surface area contributed by atoms with Gasteiger partial charge in [0.15, 0.2) is 0 Å². The van der Waals surface area contributed by atoms with Gasteiger partial charge in [0, 0.05) is 0 Å². The molecule has 0 amide bonds. The molecule has 7 aromatic carbocycles. The molecule has 0 aliphatic heterocycles. The second kappa shape index (κ2) is 7.82. The monoisotopic (exact) mass is 444 g/mol. The standard InChI is InChI=1S/C35H24/c1-23-11-8-20-27-25(23)19-10-22-29(27)35-32-17-6-4-15-30(32)34(31-16-5-7-18-33(31)35)28-21-9-13-24-12-2-3-14-26(24)28/h2-22H,1H3.